The van der Waals surface area contributed by atoms with E-state index in [4.69, 9.17) is 18.9 Å². The summed E-state index contributed by atoms with van der Waals surface area (Å²) in [7, 11) is 0. The second-order valence-electron chi connectivity index (χ2n) is 15.1. The number of carbonyl (C=O) groups excluding carboxylic acids is 4. The van der Waals surface area contributed by atoms with Crippen LogP contribution in [0.15, 0.2) is 30.3 Å². The summed E-state index contributed by atoms with van der Waals surface area (Å²) in [6, 6.07) is 8.53. The lowest BCUT2D eigenvalue weighted by molar-refractivity contribution is -0.176. The van der Waals surface area contributed by atoms with Crippen molar-refractivity contribution >= 4 is 23.9 Å². The van der Waals surface area contributed by atoms with Gasteiger partial charge >= 0.3 is 23.9 Å². The quantitative estimate of drug-likeness (QED) is 0.0843. The molecule has 0 heterocycles. The number of aliphatic hydroxyl groups is 2. The minimum absolute atomic E-state index is 0.0463. The first-order valence-corrected chi connectivity index (χ1v) is 19.0. The summed E-state index contributed by atoms with van der Waals surface area (Å²) >= 11 is 0. The van der Waals surface area contributed by atoms with Crippen LogP contribution in [0.25, 0.3) is 0 Å². The lowest BCUT2D eigenvalue weighted by Crippen LogP contribution is -2.49. The molecule has 3 unspecified atom stereocenters. The Labute approximate surface area is 308 Å². The van der Waals surface area contributed by atoms with E-state index >= 15 is 0 Å². The molecule has 0 saturated heterocycles. The van der Waals surface area contributed by atoms with Gasteiger partial charge in [0.2, 0.25) is 0 Å². The van der Waals surface area contributed by atoms with Gasteiger partial charge in [-0.15, -0.1) is 0 Å². The number of rotatable bonds is 23. The monoisotopic (exact) mass is 722 g/mol. The van der Waals surface area contributed by atoms with Crippen molar-refractivity contribution in [3.8, 4) is 0 Å². The van der Waals surface area contributed by atoms with Crippen LogP contribution in [0, 0.1) is 34.5 Å². The van der Waals surface area contributed by atoms with Crippen LogP contribution < -0.4 is 0 Å². The first-order chi connectivity index (χ1) is 24.0. The maximum absolute atomic E-state index is 12.6. The molecule has 1 aromatic rings. The molecular formula is C41H70O10. The summed E-state index contributed by atoms with van der Waals surface area (Å²) in [5, 5.41) is 18.6. The van der Waals surface area contributed by atoms with Crippen LogP contribution in [0.5, 0.6) is 0 Å². The second-order valence-corrected chi connectivity index (χ2v) is 15.1. The zero-order valence-electron chi connectivity index (χ0n) is 33.5. The molecule has 1 aromatic carbocycles. The highest BCUT2D eigenvalue weighted by Crippen LogP contribution is 2.42. The molecule has 0 aliphatic heterocycles. The topological polar surface area (TPSA) is 146 Å². The van der Waals surface area contributed by atoms with Crippen LogP contribution >= 0.6 is 0 Å². The zero-order valence-corrected chi connectivity index (χ0v) is 33.5. The minimum atomic E-state index is -0.858. The van der Waals surface area contributed by atoms with Crippen molar-refractivity contribution in [3.63, 3.8) is 0 Å². The molecule has 2 N–H and O–H groups in total. The molecular weight excluding hydrogens is 652 g/mol. The van der Waals surface area contributed by atoms with E-state index in [1.165, 1.54) is 0 Å². The number of esters is 4. The van der Waals surface area contributed by atoms with Gasteiger partial charge in [-0.1, -0.05) is 107 Å². The van der Waals surface area contributed by atoms with Crippen molar-refractivity contribution in [2.24, 2.45) is 34.5 Å². The van der Waals surface area contributed by atoms with Crippen LogP contribution in [0.2, 0.25) is 0 Å². The molecule has 1 rings (SSSR count). The van der Waals surface area contributed by atoms with Gasteiger partial charge in [0.05, 0.1) is 18.8 Å². The summed E-state index contributed by atoms with van der Waals surface area (Å²) in [5.41, 5.74) is -0.633. The van der Waals surface area contributed by atoms with Crippen LogP contribution in [0.1, 0.15) is 138 Å². The number of ether oxygens (including phenoxy) is 4. The Hall–Kier alpha value is -2.98. The standard InChI is InChI=1S/C30H46O8.C11H24O2/c1-8-26(31)36-20-30(22(6)7,17-16-21(4)5)25(38-28(33)10-3)18-24(37-27(32)9-2)19-35-29(34)23-14-12-11-13-15-23;1-9(2)5-6-11(7-12,8-13)10(3)4/h11-15,21-22,24-25H,8-10,16-20H2,1-7H3;9-10,12-13H,5-8H2,1-4H3. The van der Waals surface area contributed by atoms with Gasteiger partial charge in [0.15, 0.2) is 0 Å². The first kappa shape index (κ1) is 48.0. The molecule has 51 heavy (non-hydrogen) atoms. The van der Waals surface area contributed by atoms with Gasteiger partial charge in [0, 0.05) is 36.5 Å². The molecule has 294 valence electrons. The molecule has 10 nitrogen and oxygen atoms in total. The van der Waals surface area contributed by atoms with E-state index in [2.05, 4.69) is 41.5 Å². The SMILES string of the molecule is CC(C)CCC(CO)(CO)C(C)C.CCC(=O)OCC(CCC(C)C)(C(C)C)C(CC(COC(=O)c1ccccc1)OC(=O)CC)OC(=O)CC. The van der Waals surface area contributed by atoms with E-state index in [1.54, 1.807) is 51.1 Å². The summed E-state index contributed by atoms with van der Waals surface area (Å²) in [5.74, 6) is -0.470. The Bertz CT molecular complexity index is 1130. The summed E-state index contributed by atoms with van der Waals surface area (Å²) in [6.45, 7) is 21.8. The highest BCUT2D eigenvalue weighted by Gasteiger charge is 2.46. The Morgan fingerprint density at radius 3 is 1.63 bits per heavy atom. The van der Waals surface area contributed by atoms with Crippen LogP contribution in [-0.4, -0.2) is 72.7 Å². The predicted octanol–water partition coefficient (Wildman–Crippen LogP) is 7.96. The highest BCUT2D eigenvalue weighted by atomic mass is 16.6. The molecule has 0 bridgehead atoms. The summed E-state index contributed by atoms with van der Waals surface area (Å²) in [4.78, 5) is 49.7. The van der Waals surface area contributed by atoms with Crippen molar-refractivity contribution in [3.05, 3.63) is 35.9 Å². The summed E-state index contributed by atoms with van der Waals surface area (Å²) < 4.78 is 22.8. The van der Waals surface area contributed by atoms with Gasteiger partial charge in [0.1, 0.15) is 25.4 Å². The van der Waals surface area contributed by atoms with E-state index in [-0.39, 0.29) is 69.4 Å². The fourth-order valence-electron chi connectivity index (χ4n) is 5.59. The zero-order chi connectivity index (χ0) is 39.2. The van der Waals surface area contributed by atoms with E-state index in [1.807, 2.05) is 13.8 Å². The third-order valence-electron chi connectivity index (χ3n) is 9.88. The van der Waals surface area contributed by atoms with Crippen LogP contribution in [-0.2, 0) is 33.3 Å². The van der Waals surface area contributed by atoms with Crippen LogP contribution in [0.4, 0.5) is 0 Å². The Morgan fingerprint density at radius 2 is 1.18 bits per heavy atom. The normalized spacial score (nSPS) is 14.0. The number of carbonyl (C=O) groups is 4. The number of benzene rings is 1. The van der Waals surface area contributed by atoms with Crippen molar-refractivity contribution in [1.29, 1.82) is 0 Å². The summed E-state index contributed by atoms with van der Waals surface area (Å²) in [6.07, 6.45) is 2.43. The Kier molecular flexibility index (Phi) is 23.6. The third-order valence-corrected chi connectivity index (χ3v) is 9.88. The molecule has 0 radical (unpaired) electrons. The maximum atomic E-state index is 12.6. The van der Waals surface area contributed by atoms with Gasteiger partial charge in [-0.3, -0.25) is 14.4 Å². The fourth-order valence-corrected chi connectivity index (χ4v) is 5.59. The number of hydrogen-bond acceptors (Lipinski definition) is 10. The van der Waals surface area contributed by atoms with Crippen molar-refractivity contribution in [1.82, 2.24) is 0 Å². The largest absolute Gasteiger partial charge is 0.465 e. The molecule has 0 aliphatic rings. The van der Waals surface area contributed by atoms with Crippen molar-refractivity contribution < 1.29 is 48.3 Å². The van der Waals surface area contributed by atoms with E-state index < -0.39 is 35.5 Å². The second kappa shape index (κ2) is 25.1. The lowest BCUT2D eigenvalue weighted by Gasteiger charge is -2.44. The van der Waals surface area contributed by atoms with Crippen LogP contribution in [0.3, 0.4) is 0 Å². The van der Waals surface area contributed by atoms with Gasteiger partial charge in [-0.2, -0.15) is 0 Å². The van der Waals surface area contributed by atoms with Gasteiger partial charge < -0.3 is 29.2 Å². The maximum Gasteiger partial charge on any atom is 0.338 e. The number of hydrogen-bond donors (Lipinski definition) is 2. The fraction of sp³-hybridized carbons (Fsp3) is 0.756. The van der Waals surface area contributed by atoms with Gasteiger partial charge in [-0.25, -0.2) is 4.79 Å². The Balaban J connectivity index is 0.00000162. The van der Waals surface area contributed by atoms with Gasteiger partial charge in [0.25, 0.3) is 0 Å². The average Bonchev–Trinajstić information content (AvgIpc) is 3.10. The number of aliphatic hydroxyl groups excluding tert-OH is 2. The first-order valence-electron chi connectivity index (χ1n) is 19.0. The molecule has 0 spiro atoms. The molecule has 0 fully saturated rings. The van der Waals surface area contributed by atoms with E-state index in [0.29, 0.717) is 29.7 Å². The molecule has 0 aliphatic carbocycles. The molecule has 3 atom stereocenters. The minimum Gasteiger partial charge on any atom is -0.465 e. The molecule has 0 saturated carbocycles. The molecule has 10 heteroatoms. The molecule has 0 amide bonds. The average molecular weight is 723 g/mol. The van der Waals surface area contributed by atoms with Gasteiger partial charge in [-0.05, 0) is 48.6 Å². The predicted molar refractivity (Wildman–Crippen MR) is 200 cm³/mol. The Morgan fingerprint density at radius 1 is 0.667 bits per heavy atom. The third kappa shape index (κ3) is 17.4. The highest BCUT2D eigenvalue weighted by molar-refractivity contribution is 5.89. The molecule has 0 aromatic heterocycles. The van der Waals surface area contributed by atoms with E-state index in [9.17, 15) is 29.4 Å². The smallest absolute Gasteiger partial charge is 0.338 e. The van der Waals surface area contributed by atoms with Crippen molar-refractivity contribution in [2.75, 3.05) is 26.4 Å². The lowest BCUT2D eigenvalue weighted by atomic mass is 9.67. The van der Waals surface area contributed by atoms with E-state index in [0.717, 1.165) is 19.3 Å². The van der Waals surface area contributed by atoms with Crippen molar-refractivity contribution in [2.45, 2.75) is 140 Å².